The highest BCUT2D eigenvalue weighted by Crippen LogP contribution is 2.40. The molecule has 45 heavy (non-hydrogen) atoms. The molecule has 232 valence electrons. The zero-order chi connectivity index (χ0) is 32.1. The molecule has 0 radical (unpaired) electrons. The van der Waals surface area contributed by atoms with Gasteiger partial charge in [0.2, 0.25) is 5.91 Å². The number of hydrogen-bond acceptors (Lipinski definition) is 4. The maximum absolute atomic E-state index is 14.6. The third-order valence-electron chi connectivity index (χ3n) is 8.50. The van der Waals surface area contributed by atoms with Gasteiger partial charge in [-0.05, 0) is 90.4 Å². The van der Waals surface area contributed by atoms with Crippen LogP contribution in [0.1, 0.15) is 82.0 Å². The third kappa shape index (κ3) is 7.43. The second kappa shape index (κ2) is 14.1. The number of aryl methyl sites for hydroxylation is 2. The van der Waals surface area contributed by atoms with Crippen molar-refractivity contribution in [1.29, 1.82) is 0 Å². The van der Waals surface area contributed by atoms with Crippen LogP contribution in [0.2, 0.25) is 5.02 Å². The molecule has 0 bridgehead atoms. The summed E-state index contributed by atoms with van der Waals surface area (Å²) in [5.41, 5.74) is 8.74. The summed E-state index contributed by atoms with van der Waals surface area (Å²) in [7, 11) is 0. The van der Waals surface area contributed by atoms with Crippen molar-refractivity contribution in [3.05, 3.63) is 123 Å². The number of aliphatic carboxylic acids is 1. The van der Waals surface area contributed by atoms with E-state index in [2.05, 4.69) is 41.5 Å². The topological polar surface area (TPSA) is 99.6 Å². The zero-order valence-electron chi connectivity index (χ0n) is 25.8. The first kappa shape index (κ1) is 31.9. The Morgan fingerprint density at radius 1 is 0.911 bits per heavy atom. The fraction of sp³-hybridized carbons (Fsp3) is 0.297. The summed E-state index contributed by atoms with van der Waals surface area (Å²) >= 11 is 6.26. The lowest BCUT2D eigenvalue weighted by atomic mass is 9.77. The number of rotatable bonds is 11. The van der Waals surface area contributed by atoms with Crippen LogP contribution in [0.15, 0.2) is 78.9 Å². The number of aromatic nitrogens is 1. The molecular formula is C37H38ClN3O4. The third-order valence-corrected chi connectivity index (χ3v) is 8.75. The average molecular weight is 624 g/mol. The lowest BCUT2D eigenvalue weighted by Gasteiger charge is -2.31. The SMILES string of the molecule is CCCC(c1ccc(C(=O)NCCC(=O)O)cc1)C(C(=O)N1Cc2ccc(-c3ccc(C)nc3C)cc2C1)c1ccc(Cl)cc1. The predicted molar refractivity (Wildman–Crippen MR) is 176 cm³/mol. The van der Waals surface area contributed by atoms with E-state index in [-0.39, 0.29) is 30.7 Å². The first-order valence-corrected chi connectivity index (χ1v) is 15.7. The normalized spacial score (nSPS) is 13.6. The summed E-state index contributed by atoms with van der Waals surface area (Å²) < 4.78 is 0. The summed E-state index contributed by atoms with van der Waals surface area (Å²) in [6.45, 7) is 7.24. The molecule has 2 atom stereocenters. The van der Waals surface area contributed by atoms with Crippen molar-refractivity contribution in [2.75, 3.05) is 6.54 Å². The minimum absolute atomic E-state index is 0.0530. The zero-order valence-corrected chi connectivity index (χ0v) is 26.6. The van der Waals surface area contributed by atoms with E-state index in [0.29, 0.717) is 23.7 Å². The number of carbonyl (C=O) groups is 3. The van der Waals surface area contributed by atoms with Crippen molar-refractivity contribution in [3.63, 3.8) is 0 Å². The molecule has 0 spiro atoms. The lowest BCUT2D eigenvalue weighted by molar-refractivity contribution is -0.137. The Kier molecular flexibility index (Phi) is 9.99. The minimum atomic E-state index is -0.967. The fourth-order valence-electron chi connectivity index (χ4n) is 6.23. The Balaban J connectivity index is 1.42. The van der Waals surface area contributed by atoms with Crippen molar-refractivity contribution in [2.24, 2.45) is 0 Å². The van der Waals surface area contributed by atoms with Crippen molar-refractivity contribution in [2.45, 2.75) is 65.0 Å². The Hall–Kier alpha value is -4.49. The van der Waals surface area contributed by atoms with E-state index in [0.717, 1.165) is 57.6 Å². The highest BCUT2D eigenvalue weighted by molar-refractivity contribution is 6.30. The van der Waals surface area contributed by atoms with Crippen LogP contribution >= 0.6 is 11.6 Å². The van der Waals surface area contributed by atoms with Crippen LogP contribution in [0.4, 0.5) is 0 Å². The number of hydrogen-bond donors (Lipinski definition) is 2. The van der Waals surface area contributed by atoms with Crippen molar-refractivity contribution in [1.82, 2.24) is 15.2 Å². The van der Waals surface area contributed by atoms with Gasteiger partial charge in [0, 0.05) is 47.2 Å². The number of nitrogens with zero attached hydrogens (tertiary/aromatic N) is 2. The van der Waals surface area contributed by atoms with E-state index in [4.69, 9.17) is 16.7 Å². The molecule has 7 nitrogen and oxygen atoms in total. The lowest BCUT2D eigenvalue weighted by Crippen LogP contribution is -2.34. The molecule has 0 saturated heterocycles. The molecule has 1 aromatic heterocycles. The number of nitrogens with one attached hydrogen (secondary N) is 1. The van der Waals surface area contributed by atoms with E-state index in [1.807, 2.05) is 61.2 Å². The first-order valence-electron chi connectivity index (χ1n) is 15.3. The van der Waals surface area contributed by atoms with Crippen molar-refractivity contribution in [3.8, 4) is 11.1 Å². The molecule has 5 rings (SSSR count). The first-order chi connectivity index (χ1) is 21.6. The average Bonchev–Trinajstić information content (AvgIpc) is 3.45. The largest absolute Gasteiger partial charge is 0.481 e. The summed E-state index contributed by atoms with van der Waals surface area (Å²) in [5.74, 6) is -1.82. The predicted octanol–water partition coefficient (Wildman–Crippen LogP) is 7.43. The number of carboxylic acids is 1. The van der Waals surface area contributed by atoms with Gasteiger partial charge in [-0.25, -0.2) is 0 Å². The van der Waals surface area contributed by atoms with Gasteiger partial charge in [-0.3, -0.25) is 19.4 Å². The molecule has 2 N–H and O–H groups in total. The van der Waals surface area contributed by atoms with E-state index < -0.39 is 11.9 Å². The van der Waals surface area contributed by atoms with Gasteiger partial charge < -0.3 is 15.3 Å². The van der Waals surface area contributed by atoms with Crippen LogP contribution in [0.3, 0.4) is 0 Å². The number of carbonyl (C=O) groups excluding carboxylic acids is 2. The van der Waals surface area contributed by atoms with E-state index >= 15 is 0 Å². The molecule has 3 aromatic carbocycles. The van der Waals surface area contributed by atoms with Crippen molar-refractivity contribution >= 4 is 29.4 Å². The highest BCUT2D eigenvalue weighted by atomic mass is 35.5. The van der Waals surface area contributed by atoms with Crippen LogP contribution < -0.4 is 5.32 Å². The second-order valence-corrected chi connectivity index (χ2v) is 12.1. The second-order valence-electron chi connectivity index (χ2n) is 11.7. The van der Waals surface area contributed by atoms with E-state index in [1.165, 1.54) is 0 Å². The van der Waals surface area contributed by atoms with Gasteiger partial charge in [0.1, 0.15) is 0 Å². The van der Waals surface area contributed by atoms with Gasteiger partial charge in [0.15, 0.2) is 0 Å². The number of pyridine rings is 1. The van der Waals surface area contributed by atoms with Gasteiger partial charge in [-0.2, -0.15) is 0 Å². The van der Waals surface area contributed by atoms with Crippen molar-refractivity contribution < 1.29 is 19.5 Å². The number of amides is 2. The monoisotopic (exact) mass is 623 g/mol. The van der Waals surface area contributed by atoms with Gasteiger partial charge in [-0.15, -0.1) is 0 Å². The molecule has 0 saturated carbocycles. The summed E-state index contributed by atoms with van der Waals surface area (Å²) in [6.07, 6.45) is 1.50. The fourth-order valence-corrected chi connectivity index (χ4v) is 6.35. The molecule has 1 aliphatic rings. The number of fused-ring (bicyclic) bond motifs is 1. The van der Waals surface area contributed by atoms with E-state index in [1.54, 1.807) is 12.1 Å². The van der Waals surface area contributed by atoms with E-state index in [9.17, 15) is 14.4 Å². The molecule has 2 amide bonds. The Morgan fingerprint density at radius 2 is 1.60 bits per heavy atom. The van der Waals surface area contributed by atoms with Gasteiger partial charge in [0.25, 0.3) is 5.91 Å². The Bertz CT molecular complexity index is 1700. The molecule has 2 heterocycles. The summed E-state index contributed by atoms with van der Waals surface area (Å²) in [6, 6.07) is 25.4. The summed E-state index contributed by atoms with van der Waals surface area (Å²) in [4.78, 5) is 44.5. The minimum Gasteiger partial charge on any atom is -0.481 e. The molecule has 2 unspecified atom stereocenters. The molecule has 0 fully saturated rings. The smallest absolute Gasteiger partial charge is 0.305 e. The maximum Gasteiger partial charge on any atom is 0.305 e. The van der Waals surface area contributed by atoms with Crippen LogP contribution in [0, 0.1) is 13.8 Å². The maximum atomic E-state index is 14.6. The molecule has 1 aliphatic heterocycles. The quantitative estimate of drug-likeness (QED) is 0.181. The van der Waals surface area contributed by atoms with Crippen LogP contribution in [-0.2, 0) is 22.7 Å². The standard InChI is InChI=1S/C37H38ClN3O4/c1-4-5-33(25-7-9-27(10-8-25)36(44)39-19-18-34(42)43)35(26-13-15-31(38)16-14-26)37(45)41-21-29-12-11-28(20-30(29)22-41)32-17-6-23(2)40-24(32)3/h6-17,20,33,35H,4-5,18-19,21-22H2,1-3H3,(H,39,44)(H,42,43). The van der Waals surface area contributed by atoms with Gasteiger partial charge >= 0.3 is 5.97 Å². The molecule has 4 aromatic rings. The number of benzene rings is 3. The molecule has 0 aliphatic carbocycles. The van der Waals surface area contributed by atoms with Crippen LogP contribution in [-0.4, -0.2) is 39.3 Å². The van der Waals surface area contributed by atoms with Gasteiger partial charge in [0.05, 0.1) is 12.3 Å². The van der Waals surface area contributed by atoms with Gasteiger partial charge in [-0.1, -0.05) is 67.4 Å². The molecular weight excluding hydrogens is 586 g/mol. The Morgan fingerprint density at radius 3 is 2.27 bits per heavy atom. The highest BCUT2D eigenvalue weighted by Gasteiger charge is 2.36. The van der Waals surface area contributed by atoms with Crippen LogP contribution in [0.5, 0.6) is 0 Å². The molecule has 8 heteroatoms. The summed E-state index contributed by atoms with van der Waals surface area (Å²) in [5, 5.41) is 12.1. The number of carboxylic acid groups (broad SMARTS) is 1. The Labute approximate surface area is 269 Å². The number of halogens is 1. The van der Waals surface area contributed by atoms with Crippen LogP contribution in [0.25, 0.3) is 11.1 Å².